The molecule has 0 spiro atoms. The predicted molar refractivity (Wildman–Crippen MR) is 124 cm³/mol. The Morgan fingerprint density at radius 3 is 2.36 bits per heavy atom. The van der Waals surface area contributed by atoms with Crippen molar-refractivity contribution >= 4 is 15.9 Å². The first-order valence-corrected chi connectivity index (χ1v) is 12.2. The van der Waals surface area contributed by atoms with Crippen LogP contribution in [0, 0.1) is 0 Å². The molecular weight excluding hydrogens is 446 g/mol. The summed E-state index contributed by atoms with van der Waals surface area (Å²) in [5, 5.41) is 3.21. The Bertz CT molecular complexity index is 1050. The van der Waals surface area contributed by atoms with Gasteiger partial charge in [-0.15, -0.1) is 0 Å². The van der Waals surface area contributed by atoms with E-state index in [1.54, 1.807) is 42.3 Å². The van der Waals surface area contributed by atoms with Gasteiger partial charge in [-0.2, -0.15) is 4.31 Å². The van der Waals surface area contributed by atoms with E-state index in [9.17, 15) is 13.2 Å². The minimum atomic E-state index is -4.02. The highest BCUT2D eigenvalue weighted by atomic mass is 32.2. The quantitative estimate of drug-likeness (QED) is 0.557. The fourth-order valence-electron chi connectivity index (χ4n) is 3.68. The van der Waals surface area contributed by atoms with Crippen LogP contribution in [0.5, 0.6) is 17.2 Å². The molecule has 9 nitrogen and oxygen atoms in total. The number of carbonyl (C=O) groups excluding carboxylic acids is 1. The van der Waals surface area contributed by atoms with Crippen molar-refractivity contribution < 1.29 is 27.4 Å². The van der Waals surface area contributed by atoms with Crippen molar-refractivity contribution in [1.82, 2.24) is 14.5 Å². The van der Waals surface area contributed by atoms with Gasteiger partial charge in [-0.25, -0.2) is 8.42 Å². The smallest absolute Gasteiger partial charge is 0.247 e. The summed E-state index contributed by atoms with van der Waals surface area (Å²) in [6, 6.07) is 11.8. The first kappa shape index (κ1) is 24.8. The van der Waals surface area contributed by atoms with Crippen LogP contribution in [0.2, 0.25) is 0 Å². The standard InChI is InChI=1S/C23H31N3O6S/c1-30-19-6-4-5-18(15-19)17-26(12-9-23(27)25-13-10-24-11-14-25)33(28,29)22-16-20(31-2)7-8-21(22)32-3/h4-8,15-16,24H,9-14,17H2,1-3H3. The molecule has 1 heterocycles. The highest BCUT2D eigenvalue weighted by Gasteiger charge is 2.30. The summed E-state index contributed by atoms with van der Waals surface area (Å²) < 4.78 is 44.6. The van der Waals surface area contributed by atoms with Crippen molar-refractivity contribution in [1.29, 1.82) is 0 Å². The van der Waals surface area contributed by atoms with Crippen molar-refractivity contribution in [3.8, 4) is 17.2 Å². The number of hydrogen-bond acceptors (Lipinski definition) is 7. The zero-order valence-electron chi connectivity index (χ0n) is 19.2. The van der Waals surface area contributed by atoms with Gasteiger partial charge in [-0.1, -0.05) is 12.1 Å². The van der Waals surface area contributed by atoms with Crippen LogP contribution in [0.15, 0.2) is 47.4 Å². The molecule has 0 atom stereocenters. The van der Waals surface area contributed by atoms with Crippen LogP contribution in [-0.4, -0.2) is 77.6 Å². The van der Waals surface area contributed by atoms with E-state index in [2.05, 4.69) is 5.32 Å². The number of amides is 1. The number of carbonyl (C=O) groups is 1. The summed E-state index contributed by atoms with van der Waals surface area (Å²) in [6.07, 6.45) is 0.0789. The predicted octanol–water partition coefficient (Wildman–Crippen LogP) is 1.73. The van der Waals surface area contributed by atoms with Gasteiger partial charge in [0, 0.05) is 51.8 Å². The molecule has 180 valence electrons. The summed E-state index contributed by atoms with van der Waals surface area (Å²) >= 11 is 0. The molecule has 1 fully saturated rings. The number of benzene rings is 2. The zero-order chi connectivity index (χ0) is 23.8. The van der Waals surface area contributed by atoms with Gasteiger partial charge >= 0.3 is 0 Å². The normalized spacial score (nSPS) is 14.2. The van der Waals surface area contributed by atoms with Crippen molar-refractivity contribution in [2.75, 3.05) is 54.1 Å². The second kappa shape index (κ2) is 11.4. The first-order chi connectivity index (χ1) is 15.9. The van der Waals surface area contributed by atoms with E-state index in [1.807, 2.05) is 6.07 Å². The average Bonchev–Trinajstić information content (AvgIpc) is 2.86. The van der Waals surface area contributed by atoms with E-state index in [1.165, 1.54) is 24.6 Å². The maximum Gasteiger partial charge on any atom is 0.247 e. The Labute approximate surface area is 195 Å². The van der Waals surface area contributed by atoms with Gasteiger partial charge in [0.25, 0.3) is 0 Å². The second-order valence-electron chi connectivity index (χ2n) is 7.59. The minimum absolute atomic E-state index is 0.0122. The number of piperazine rings is 1. The van der Waals surface area contributed by atoms with Crippen molar-refractivity contribution in [3.63, 3.8) is 0 Å². The number of nitrogens with one attached hydrogen (secondary N) is 1. The SMILES string of the molecule is COc1cccc(CN(CCC(=O)N2CCNCC2)S(=O)(=O)c2cc(OC)ccc2OC)c1. The largest absolute Gasteiger partial charge is 0.497 e. The maximum absolute atomic E-state index is 13.8. The molecule has 3 rings (SSSR count). The molecule has 0 unspecified atom stereocenters. The van der Waals surface area contributed by atoms with Crippen LogP contribution >= 0.6 is 0 Å². The van der Waals surface area contributed by atoms with Crippen LogP contribution < -0.4 is 19.5 Å². The fourth-order valence-corrected chi connectivity index (χ4v) is 5.28. The highest BCUT2D eigenvalue weighted by Crippen LogP contribution is 2.31. The molecule has 0 bridgehead atoms. The van der Waals surface area contributed by atoms with E-state index >= 15 is 0 Å². The van der Waals surface area contributed by atoms with Gasteiger partial charge in [0.2, 0.25) is 15.9 Å². The lowest BCUT2D eigenvalue weighted by Crippen LogP contribution is -2.47. The third-order valence-corrected chi connectivity index (χ3v) is 7.39. The van der Waals surface area contributed by atoms with Crippen LogP contribution in [0.25, 0.3) is 0 Å². The van der Waals surface area contributed by atoms with Crippen molar-refractivity contribution in [2.24, 2.45) is 0 Å². The molecular formula is C23H31N3O6S. The van der Waals surface area contributed by atoms with E-state index in [4.69, 9.17) is 14.2 Å². The maximum atomic E-state index is 13.8. The molecule has 0 saturated carbocycles. The number of ether oxygens (including phenoxy) is 3. The summed E-state index contributed by atoms with van der Waals surface area (Å²) in [6.45, 7) is 2.81. The molecule has 33 heavy (non-hydrogen) atoms. The van der Waals surface area contributed by atoms with Crippen LogP contribution in [-0.2, 0) is 21.4 Å². The van der Waals surface area contributed by atoms with E-state index in [-0.39, 0.29) is 36.1 Å². The number of sulfonamides is 1. The van der Waals surface area contributed by atoms with Crippen LogP contribution in [0.3, 0.4) is 0 Å². The van der Waals surface area contributed by atoms with Crippen molar-refractivity contribution in [3.05, 3.63) is 48.0 Å². The molecule has 0 radical (unpaired) electrons. The lowest BCUT2D eigenvalue weighted by Gasteiger charge is -2.29. The summed E-state index contributed by atoms with van der Waals surface area (Å²) in [5.74, 6) is 1.16. The number of methoxy groups -OCH3 is 3. The highest BCUT2D eigenvalue weighted by molar-refractivity contribution is 7.89. The van der Waals surface area contributed by atoms with E-state index in [0.29, 0.717) is 24.6 Å². The van der Waals surface area contributed by atoms with Gasteiger partial charge in [0.15, 0.2) is 0 Å². The number of nitrogens with zero attached hydrogens (tertiary/aromatic N) is 2. The molecule has 2 aromatic rings. The van der Waals surface area contributed by atoms with Gasteiger partial charge in [0.05, 0.1) is 21.3 Å². The topological polar surface area (TPSA) is 97.4 Å². The average molecular weight is 478 g/mol. The van der Waals surface area contributed by atoms with Gasteiger partial charge < -0.3 is 24.4 Å². The monoisotopic (exact) mass is 477 g/mol. The number of hydrogen-bond donors (Lipinski definition) is 1. The Morgan fingerprint density at radius 2 is 1.70 bits per heavy atom. The Kier molecular flexibility index (Phi) is 8.54. The molecule has 0 aliphatic carbocycles. The Hall–Kier alpha value is -2.82. The first-order valence-electron chi connectivity index (χ1n) is 10.7. The molecule has 2 aromatic carbocycles. The van der Waals surface area contributed by atoms with E-state index in [0.717, 1.165) is 18.7 Å². The molecule has 10 heteroatoms. The Balaban J connectivity index is 1.91. The Morgan fingerprint density at radius 1 is 1.00 bits per heavy atom. The van der Waals surface area contributed by atoms with E-state index < -0.39 is 10.0 Å². The second-order valence-corrected chi connectivity index (χ2v) is 9.49. The van der Waals surface area contributed by atoms with Gasteiger partial charge in [0.1, 0.15) is 22.1 Å². The molecule has 1 amide bonds. The lowest BCUT2D eigenvalue weighted by molar-refractivity contribution is -0.131. The zero-order valence-corrected chi connectivity index (χ0v) is 20.1. The fraction of sp³-hybridized carbons (Fsp3) is 0.435. The van der Waals surface area contributed by atoms with Crippen LogP contribution in [0.1, 0.15) is 12.0 Å². The molecule has 1 aliphatic rings. The number of rotatable bonds is 10. The molecule has 1 saturated heterocycles. The summed E-state index contributed by atoms with van der Waals surface area (Å²) in [4.78, 5) is 14.5. The minimum Gasteiger partial charge on any atom is -0.497 e. The third-order valence-electron chi connectivity index (χ3n) is 5.53. The van der Waals surface area contributed by atoms with Gasteiger partial charge in [-0.05, 0) is 29.8 Å². The lowest BCUT2D eigenvalue weighted by atomic mass is 10.2. The van der Waals surface area contributed by atoms with Crippen molar-refractivity contribution in [2.45, 2.75) is 17.9 Å². The summed E-state index contributed by atoms with van der Waals surface area (Å²) in [7, 11) is 0.429. The van der Waals surface area contributed by atoms with Crippen LogP contribution in [0.4, 0.5) is 0 Å². The molecule has 1 aliphatic heterocycles. The summed E-state index contributed by atoms with van der Waals surface area (Å²) in [5.41, 5.74) is 0.745. The third kappa shape index (κ3) is 6.16. The molecule has 0 aromatic heterocycles. The van der Waals surface area contributed by atoms with Gasteiger partial charge in [-0.3, -0.25) is 4.79 Å². The molecule has 1 N–H and O–H groups in total.